The number of hydrogen-bond acceptors (Lipinski definition) is 2. The second-order valence-electron chi connectivity index (χ2n) is 7.11. The zero-order valence-electron chi connectivity index (χ0n) is 16.3. The Balaban J connectivity index is 1.81. The molecule has 2 aromatic carbocycles. The Kier molecular flexibility index (Phi) is 7.10. The predicted molar refractivity (Wildman–Crippen MR) is 110 cm³/mol. The van der Waals surface area contributed by atoms with Crippen LogP contribution in [-0.4, -0.2) is 12.5 Å². The average molecular weight is 374 g/mol. The fourth-order valence-electron chi connectivity index (χ4n) is 3.08. The van der Waals surface area contributed by atoms with Gasteiger partial charge in [0.1, 0.15) is 5.75 Å². The lowest BCUT2D eigenvalue weighted by molar-refractivity contribution is -0.116. The van der Waals surface area contributed by atoms with E-state index in [1.807, 2.05) is 32.0 Å². The monoisotopic (exact) mass is 373 g/mol. The highest BCUT2D eigenvalue weighted by Gasteiger charge is 2.10. The summed E-state index contributed by atoms with van der Waals surface area (Å²) in [6.45, 7) is 10.9. The van der Waals surface area contributed by atoms with Gasteiger partial charge in [0.05, 0.1) is 17.3 Å². The molecule has 0 fully saturated rings. The van der Waals surface area contributed by atoms with Gasteiger partial charge in [-0.15, -0.1) is 0 Å². The number of amides is 1. The summed E-state index contributed by atoms with van der Waals surface area (Å²) >= 11 is 6.23. The van der Waals surface area contributed by atoms with Crippen LogP contribution in [0.15, 0.2) is 30.3 Å². The van der Waals surface area contributed by atoms with E-state index in [2.05, 4.69) is 38.2 Å². The number of carbonyl (C=O) groups excluding carboxylic acids is 1. The maximum atomic E-state index is 12.2. The topological polar surface area (TPSA) is 38.3 Å². The van der Waals surface area contributed by atoms with Crippen LogP contribution in [0.3, 0.4) is 0 Å². The Labute approximate surface area is 161 Å². The van der Waals surface area contributed by atoms with E-state index in [9.17, 15) is 4.79 Å². The Morgan fingerprint density at radius 2 is 1.85 bits per heavy atom. The van der Waals surface area contributed by atoms with Crippen LogP contribution in [0.5, 0.6) is 5.75 Å². The first-order chi connectivity index (χ1) is 12.3. The average Bonchev–Trinajstić information content (AvgIpc) is 2.54. The summed E-state index contributed by atoms with van der Waals surface area (Å²) in [5.41, 5.74) is 5.32. The Morgan fingerprint density at radius 3 is 2.46 bits per heavy atom. The minimum atomic E-state index is -0.0474. The molecule has 4 heteroatoms. The van der Waals surface area contributed by atoms with E-state index in [4.69, 9.17) is 16.3 Å². The largest absolute Gasteiger partial charge is 0.494 e. The number of rotatable bonds is 7. The van der Waals surface area contributed by atoms with E-state index in [0.29, 0.717) is 36.1 Å². The van der Waals surface area contributed by atoms with Crippen molar-refractivity contribution in [1.82, 2.24) is 0 Å². The molecule has 26 heavy (non-hydrogen) atoms. The minimum Gasteiger partial charge on any atom is -0.494 e. The molecule has 140 valence electrons. The zero-order valence-corrected chi connectivity index (χ0v) is 17.0. The van der Waals surface area contributed by atoms with Crippen molar-refractivity contribution in [3.63, 3.8) is 0 Å². The van der Waals surface area contributed by atoms with Gasteiger partial charge >= 0.3 is 0 Å². The highest BCUT2D eigenvalue weighted by molar-refractivity contribution is 6.34. The molecule has 1 amide bonds. The fraction of sp³-hybridized carbons (Fsp3) is 0.409. The lowest BCUT2D eigenvalue weighted by Crippen LogP contribution is -2.14. The van der Waals surface area contributed by atoms with Gasteiger partial charge in [0.25, 0.3) is 0 Å². The highest BCUT2D eigenvalue weighted by atomic mass is 35.5. The number of anilines is 1. The summed E-state index contributed by atoms with van der Waals surface area (Å²) in [5, 5.41) is 3.48. The maximum absolute atomic E-state index is 12.2. The van der Waals surface area contributed by atoms with Crippen LogP contribution in [0.1, 0.15) is 54.9 Å². The highest BCUT2D eigenvalue weighted by Crippen LogP contribution is 2.27. The normalized spacial score (nSPS) is 10.9. The van der Waals surface area contributed by atoms with E-state index in [0.717, 1.165) is 16.9 Å². The van der Waals surface area contributed by atoms with Crippen LogP contribution in [0, 0.1) is 20.8 Å². The third-order valence-corrected chi connectivity index (χ3v) is 4.67. The Bertz CT molecular complexity index is 761. The van der Waals surface area contributed by atoms with Crippen LogP contribution < -0.4 is 10.1 Å². The molecule has 3 nitrogen and oxygen atoms in total. The van der Waals surface area contributed by atoms with Crippen LogP contribution in [0.4, 0.5) is 5.69 Å². The van der Waals surface area contributed by atoms with E-state index < -0.39 is 0 Å². The van der Waals surface area contributed by atoms with Crippen molar-refractivity contribution >= 4 is 23.2 Å². The summed E-state index contributed by atoms with van der Waals surface area (Å²) in [7, 11) is 0. The van der Waals surface area contributed by atoms with Gasteiger partial charge in [-0.3, -0.25) is 4.79 Å². The molecular formula is C22H28ClNO2. The molecule has 0 saturated heterocycles. The van der Waals surface area contributed by atoms with Gasteiger partial charge in [-0.1, -0.05) is 37.6 Å². The number of aryl methyl sites for hydroxylation is 3. The van der Waals surface area contributed by atoms with E-state index in [1.54, 1.807) is 0 Å². The van der Waals surface area contributed by atoms with Crippen molar-refractivity contribution in [3.8, 4) is 5.75 Å². The van der Waals surface area contributed by atoms with Crippen molar-refractivity contribution in [1.29, 1.82) is 0 Å². The van der Waals surface area contributed by atoms with E-state index in [1.165, 1.54) is 11.1 Å². The van der Waals surface area contributed by atoms with Crippen molar-refractivity contribution in [2.45, 2.75) is 53.4 Å². The summed E-state index contributed by atoms with van der Waals surface area (Å²) in [5.74, 6) is 1.31. The van der Waals surface area contributed by atoms with Gasteiger partial charge in [-0.2, -0.15) is 0 Å². The number of carbonyl (C=O) groups is 1. The number of halogens is 1. The van der Waals surface area contributed by atoms with Crippen LogP contribution in [0.2, 0.25) is 5.02 Å². The van der Waals surface area contributed by atoms with Crippen LogP contribution in [0.25, 0.3) is 0 Å². The minimum absolute atomic E-state index is 0.0474. The van der Waals surface area contributed by atoms with E-state index in [-0.39, 0.29) is 5.91 Å². The fourth-order valence-corrected chi connectivity index (χ4v) is 3.45. The van der Waals surface area contributed by atoms with Crippen LogP contribution >= 0.6 is 11.6 Å². The molecule has 0 aliphatic rings. The predicted octanol–water partition coefficient (Wildman–Crippen LogP) is 6.19. The lowest BCUT2D eigenvalue weighted by atomic mass is 9.98. The number of ether oxygens (including phenoxy) is 1. The molecule has 0 unspecified atom stereocenters. The van der Waals surface area contributed by atoms with Crippen molar-refractivity contribution in [2.24, 2.45) is 0 Å². The zero-order chi connectivity index (χ0) is 19.3. The molecule has 0 saturated carbocycles. The lowest BCUT2D eigenvalue weighted by Gasteiger charge is -2.13. The number of nitrogens with one attached hydrogen (secondary N) is 1. The molecule has 2 aromatic rings. The molecule has 0 aromatic heterocycles. The summed E-state index contributed by atoms with van der Waals surface area (Å²) in [6.07, 6.45) is 1.05. The van der Waals surface area contributed by atoms with Gasteiger partial charge in [-0.05, 0) is 73.6 Å². The van der Waals surface area contributed by atoms with Gasteiger partial charge in [0.2, 0.25) is 5.91 Å². The number of benzene rings is 2. The van der Waals surface area contributed by atoms with Gasteiger partial charge in [-0.25, -0.2) is 0 Å². The summed E-state index contributed by atoms with van der Waals surface area (Å²) < 4.78 is 5.78. The van der Waals surface area contributed by atoms with Gasteiger partial charge < -0.3 is 10.1 Å². The molecule has 0 aliphatic heterocycles. The van der Waals surface area contributed by atoms with Crippen molar-refractivity contribution in [3.05, 3.63) is 57.6 Å². The SMILES string of the molecule is Cc1cc(C)c(NC(=O)CCCOc2ccc(C(C)C)c(C)c2)c(Cl)c1. The molecule has 1 N–H and O–H groups in total. The molecule has 0 aliphatic carbocycles. The summed E-state index contributed by atoms with van der Waals surface area (Å²) in [4.78, 5) is 12.2. The van der Waals surface area contributed by atoms with E-state index >= 15 is 0 Å². The third-order valence-electron chi connectivity index (χ3n) is 4.38. The molecule has 0 atom stereocenters. The van der Waals surface area contributed by atoms with Gasteiger partial charge in [0.15, 0.2) is 0 Å². The first kappa shape index (κ1) is 20.3. The summed E-state index contributed by atoms with van der Waals surface area (Å²) in [6, 6.07) is 10.0. The molecule has 0 radical (unpaired) electrons. The van der Waals surface area contributed by atoms with Crippen molar-refractivity contribution in [2.75, 3.05) is 11.9 Å². The first-order valence-corrected chi connectivity index (χ1v) is 9.45. The van der Waals surface area contributed by atoms with Crippen LogP contribution in [-0.2, 0) is 4.79 Å². The third kappa shape index (κ3) is 5.50. The standard InChI is InChI=1S/C22H28ClNO2/c1-14(2)19-9-8-18(13-16(19)4)26-10-6-7-21(25)24-22-17(5)11-15(3)12-20(22)23/h8-9,11-14H,6-7,10H2,1-5H3,(H,24,25). The molecule has 0 spiro atoms. The molecular weight excluding hydrogens is 346 g/mol. The second-order valence-corrected chi connectivity index (χ2v) is 7.52. The molecule has 2 rings (SSSR count). The first-order valence-electron chi connectivity index (χ1n) is 9.08. The quantitative estimate of drug-likeness (QED) is 0.588. The van der Waals surface area contributed by atoms with Gasteiger partial charge in [0, 0.05) is 6.42 Å². The molecule has 0 heterocycles. The van der Waals surface area contributed by atoms with Crippen molar-refractivity contribution < 1.29 is 9.53 Å². The smallest absolute Gasteiger partial charge is 0.224 e. The number of hydrogen-bond donors (Lipinski definition) is 1. The molecule has 0 bridgehead atoms. The Morgan fingerprint density at radius 1 is 1.12 bits per heavy atom. The Hall–Kier alpha value is -2.00. The maximum Gasteiger partial charge on any atom is 0.224 e. The second kappa shape index (κ2) is 9.09.